The molecule has 0 spiro atoms. The van der Waals surface area contributed by atoms with Gasteiger partial charge in [0.2, 0.25) is 5.89 Å². The van der Waals surface area contributed by atoms with Gasteiger partial charge in [-0.05, 0) is 43.4 Å². The molecule has 0 aliphatic heterocycles. The van der Waals surface area contributed by atoms with Crippen molar-refractivity contribution < 1.29 is 8.83 Å². The van der Waals surface area contributed by atoms with Gasteiger partial charge < -0.3 is 8.83 Å². The SMILES string of the molecule is C[C@@H](C1CC1)N(Cc1ccccc1)Cc1nnc(-c2ccco2)o1. The summed E-state index contributed by atoms with van der Waals surface area (Å²) in [5.74, 6) is 2.46. The first-order valence-corrected chi connectivity index (χ1v) is 8.44. The van der Waals surface area contributed by atoms with E-state index in [1.807, 2.05) is 18.2 Å². The minimum absolute atomic E-state index is 0.439. The van der Waals surface area contributed by atoms with Crippen LogP contribution in [0.15, 0.2) is 57.6 Å². The molecule has 1 fully saturated rings. The van der Waals surface area contributed by atoms with Crippen molar-refractivity contribution >= 4 is 0 Å². The van der Waals surface area contributed by atoms with Crippen LogP contribution < -0.4 is 0 Å². The van der Waals surface area contributed by atoms with Crippen LogP contribution in [-0.2, 0) is 13.1 Å². The topological polar surface area (TPSA) is 55.3 Å². The molecule has 2 heterocycles. The van der Waals surface area contributed by atoms with Crippen molar-refractivity contribution in [3.05, 3.63) is 60.2 Å². The molecule has 24 heavy (non-hydrogen) atoms. The van der Waals surface area contributed by atoms with Crippen LogP contribution in [0.2, 0.25) is 0 Å². The number of rotatable bonds is 7. The van der Waals surface area contributed by atoms with Crippen molar-refractivity contribution in [1.82, 2.24) is 15.1 Å². The van der Waals surface area contributed by atoms with Gasteiger partial charge in [-0.25, -0.2) is 0 Å². The number of benzene rings is 1. The summed E-state index contributed by atoms with van der Waals surface area (Å²) >= 11 is 0. The quantitative estimate of drug-likeness (QED) is 0.654. The van der Waals surface area contributed by atoms with Gasteiger partial charge >= 0.3 is 0 Å². The lowest BCUT2D eigenvalue weighted by atomic mass is 10.1. The average molecular weight is 323 g/mol. The molecule has 1 aliphatic carbocycles. The monoisotopic (exact) mass is 323 g/mol. The molecule has 0 amide bonds. The summed E-state index contributed by atoms with van der Waals surface area (Å²) in [4.78, 5) is 2.42. The van der Waals surface area contributed by atoms with E-state index in [2.05, 4.69) is 46.3 Å². The van der Waals surface area contributed by atoms with Crippen molar-refractivity contribution in [3.63, 3.8) is 0 Å². The minimum Gasteiger partial charge on any atom is -0.459 e. The minimum atomic E-state index is 0.439. The lowest BCUT2D eigenvalue weighted by Crippen LogP contribution is -2.33. The van der Waals surface area contributed by atoms with Crippen LogP contribution in [0.1, 0.15) is 31.2 Å². The molecule has 1 aromatic carbocycles. The molecule has 5 nitrogen and oxygen atoms in total. The van der Waals surface area contributed by atoms with E-state index in [0.717, 1.165) is 12.5 Å². The Labute approximate surface area is 141 Å². The van der Waals surface area contributed by atoms with Crippen LogP contribution in [0.4, 0.5) is 0 Å². The Kier molecular flexibility index (Phi) is 4.17. The zero-order valence-corrected chi connectivity index (χ0v) is 13.8. The van der Waals surface area contributed by atoms with E-state index in [0.29, 0.717) is 30.1 Å². The summed E-state index contributed by atoms with van der Waals surface area (Å²) in [5.41, 5.74) is 1.30. The fourth-order valence-corrected chi connectivity index (χ4v) is 3.03. The van der Waals surface area contributed by atoms with Crippen molar-refractivity contribution in [2.24, 2.45) is 5.92 Å². The first-order chi connectivity index (χ1) is 11.8. The highest BCUT2D eigenvalue weighted by Gasteiger charge is 2.32. The number of furan rings is 1. The molecule has 2 aromatic heterocycles. The maximum Gasteiger partial charge on any atom is 0.283 e. The van der Waals surface area contributed by atoms with Crippen molar-refractivity contribution in [2.75, 3.05) is 0 Å². The summed E-state index contributed by atoms with van der Waals surface area (Å²) in [7, 11) is 0. The van der Waals surface area contributed by atoms with Crippen molar-refractivity contribution in [1.29, 1.82) is 0 Å². The van der Waals surface area contributed by atoms with Gasteiger partial charge in [0.05, 0.1) is 12.8 Å². The van der Waals surface area contributed by atoms with E-state index in [-0.39, 0.29) is 0 Å². The Bertz CT molecular complexity index is 763. The lowest BCUT2D eigenvalue weighted by Gasteiger charge is -2.28. The van der Waals surface area contributed by atoms with Crippen LogP contribution in [0, 0.1) is 5.92 Å². The molecule has 1 aliphatic rings. The number of hydrogen-bond donors (Lipinski definition) is 0. The van der Waals surface area contributed by atoms with E-state index in [9.17, 15) is 0 Å². The second-order valence-corrected chi connectivity index (χ2v) is 6.45. The second-order valence-electron chi connectivity index (χ2n) is 6.45. The molecule has 1 atom stereocenters. The number of aromatic nitrogens is 2. The average Bonchev–Trinajstić information content (AvgIpc) is 3.11. The van der Waals surface area contributed by atoms with Crippen molar-refractivity contribution in [3.8, 4) is 11.7 Å². The van der Waals surface area contributed by atoms with Crippen molar-refractivity contribution in [2.45, 2.75) is 38.9 Å². The maximum atomic E-state index is 5.79. The van der Waals surface area contributed by atoms with Crippen LogP contribution in [0.25, 0.3) is 11.7 Å². The highest BCUT2D eigenvalue weighted by atomic mass is 16.4. The summed E-state index contributed by atoms with van der Waals surface area (Å²) in [6.45, 7) is 3.83. The van der Waals surface area contributed by atoms with Crippen LogP contribution in [0.5, 0.6) is 0 Å². The van der Waals surface area contributed by atoms with Crippen LogP contribution >= 0.6 is 0 Å². The predicted molar refractivity (Wildman–Crippen MR) is 89.9 cm³/mol. The third-order valence-corrected chi connectivity index (χ3v) is 4.65. The summed E-state index contributed by atoms with van der Waals surface area (Å²) in [5, 5.41) is 8.30. The molecule has 124 valence electrons. The first kappa shape index (κ1) is 15.1. The van der Waals surface area contributed by atoms with E-state index >= 15 is 0 Å². The first-order valence-electron chi connectivity index (χ1n) is 8.44. The summed E-state index contributed by atoms with van der Waals surface area (Å²) in [6.07, 6.45) is 4.23. The highest BCUT2D eigenvalue weighted by Crippen LogP contribution is 2.36. The van der Waals surface area contributed by atoms with Gasteiger partial charge in [0.25, 0.3) is 5.89 Å². The van der Waals surface area contributed by atoms with Gasteiger partial charge in [-0.15, -0.1) is 10.2 Å². The molecule has 0 radical (unpaired) electrons. The fourth-order valence-electron chi connectivity index (χ4n) is 3.03. The Hall–Kier alpha value is -2.40. The van der Waals surface area contributed by atoms with E-state index in [1.165, 1.54) is 18.4 Å². The fraction of sp³-hybridized carbons (Fsp3) is 0.368. The van der Waals surface area contributed by atoms with Gasteiger partial charge in [0, 0.05) is 12.6 Å². The van der Waals surface area contributed by atoms with Gasteiger partial charge in [-0.2, -0.15) is 0 Å². The molecule has 1 saturated carbocycles. The normalized spacial score (nSPS) is 15.8. The summed E-state index contributed by atoms with van der Waals surface area (Å²) < 4.78 is 11.1. The van der Waals surface area contributed by atoms with Crippen LogP contribution in [0.3, 0.4) is 0 Å². The molecule has 0 unspecified atom stereocenters. The Morgan fingerprint density at radius 1 is 1.08 bits per heavy atom. The molecular weight excluding hydrogens is 302 g/mol. The number of nitrogens with zero attached hydrogens (tertiary/aromatic N) is 3. The maximum absolute atomic E-state index is 5.79. The zero-order valence-electron chi connectivity index (χ0n) is 13.8. The molecule has 4 rings (SSSR count). The van der Waals surface area contributed by atoms with Crippen LogP contribution in [-0.4, -0.2) is 21.1 Å². The highest BCUT2D eigenvalue weighted by molar-refractivity contribution is 5.42. The Morgan fingerprint density at radius 3 is 2.62 bits per heavy atom. The van der Waals surface area contributed by atoms with E-state index < -0.39 is 0 Å². The molecule has 0 saturated heterocycles. The predicted octanol–water partition coefficient (Wildman–Crippen LogP) is 4.13. The Morgan fingerprint density at radius 2 is 1.92 bits per heavy atom. The third-order valence-electron chi connectivity index (χ3n) is 4.65. The molecule has 5 heteroatoms. The van der Waals surface area contributed by atoms with E-state index in [1.54, 1.807) is 6.26 Å². The molecular formula is C19H21N3O2. The smallest absolute Gasteiger partial charge is 0.283 e. The van der Waals surface area contributed by atoms with Gasteiger partial charge in [-0.1, -0.05) is 30.3 Å². The summed E-state index contributed by atoms with van der Waals surface area (Å²) in [6, 6.07) is 14.7. The van der Waals surface area contributed by atoms with Gasteiger partial charge in [0.1, 0.15) is 0 Å². The zero-order chi connectivity index (χ0) is 16.4. The Balaban J connectivity index is 1.51. The van der Waals surface area contributed by atoms with Gasteiger partial charge in [0.15, 0.2) is 5.76 Å². The molecule has 0 bridgehead atoms. The largest absolute Gasteiger partial charge is 0.459 e. The number of hydrogen-bond acceptors (Lipinski definition) is 5. The standard InChI is InChI=1S/C19H21N3O2/c1-14(16-9-10-16)22(12-15-6-3-2-4-7-15)13-18-20-21-19(24-18)17-8-5-11-23-17/h2-8,11,14,16H,9-10,12-13H2,1H3/t14-/m0/s1. The third kappa shape index (κ3) is 3.41. The van der Waals surface area contributed by atoms with Gasteiger partial charge in [-0.3, -0.25) is 4.90 Å². The molecule has 0 N–H and O–H groups in total. The lowest BCUT2D eigenvalue weighted by molar-refractivity contribution is 0.156. The molecule has 3 aromatic rings. The second kappa shape index (κ2) is 6.61. The van der Waals surface area contributed by atoms with E-state index in [4.69, 9.17) is 8.83 Å².